The molecule has 10 nitrogen and oxygen atoms in total. The number of hydrogen-bond acceptors (Lipinski definition) is 9. The summed E-state index contributed by atoms with van der Waals surface area (Å²) in [4.78, 5) is 35.4. The second-order valence-corrected chi connectivity index (χ2v) is 9.42. The van der Waals surface area contributed by atoms with Gasteiger partial charge in [0.2, 0.25) is 5.91 Å². The maximum Gasteiger partial charge on any atom is 1.00 e. The number of thiazole rings is 1. The minimum Gasteiger partial charge on any atom is -0.390 e. The van der Waals surface area contributed by atoms with Crippen LogP contribution in [0.2, 0.25) is 0 Å². The van der Waals surface area contributed by atoms with E-state index in [1.54, 1.807) is 0 Å². The summed E-state index contributed by atoms with van der Waals surface area (Å²) < 4.78 is 5.79. The molecule has 3 heterocycles. The van der Waals surface area contributed by atoms with Crippen molar-refractivity contribution in [3.8, 4) is 17.5 Å². The number of pyridine rings is 1. The molecule has 3 atom stereocenters. The molecule has 2 aliphatic rings. The Hall–Kier alpha value is -2.75. The van der Waals surface area contributed by atoms with Crippen LogP contribution in [0.4, 0.5) is 10.9 Å². The summed E-state index contributed by atoms with van der Waals surface area (Å²) in [5.74, 6) is 0.744. The van der Waals surface area contributed by atoms with Gasteiger partial charge in [0, 0.05) is 18.5 Å². The Morgan fingerprint density at radius 1 is 1.30 bits per heavy atom. The standard InChI is InChI=1S/C21H25N6O3S.C4H4N.Na/c1-5-15(22)20(29)23-14(4)19(28)26-21-25-17(11-31-21)16-7-6-8-18(24-16)27-9-12(2)30-13(3)10-27;5-3-4-1-2-4;/h1,5-8,11-14,22H,9-10H2,2-4H3,(H,23,29)(H,25,26,28);1-2H2;/q2*-1;+1. The van der Waals surface area contributed by atoms with Gasteiger partial charge in [-0.15, -0.1) is 17.4 Å². The van der Waals surface area contributed by atoms with Gasteiger partial charge in [-0.1, -0.05) is 6.07 Å². The molecule has 0 aromatic carbocycles. The number of nitriles is 1. The van der Waals surface area contributed by atoms with Gasteiger partial charge in [-0.3, -0.25) is 22.1 Å². The normalized spacial score (nSPS) is 18.6. The molecule has 4 rings (SSSR count). The van der Waals surface area contributed by atoms with Crippen molar-refractivity contribution in [3.05, 3.63) is 42.2 Å². The monoisotopic (exact) mass is 530 g/mol. The molecule has 1 saturated heterocycles. The second kappa shape index (κ2) is 14.3. The van der Waals surface area contributed by atoms with Gasteiger partial charge in [0.1, 0.15) is 17.6 Å². The molecular formula is C25H29N7NaO3S-. The number of morpholine rings is 1. The second-order valence-electron chi connectivity index (χ2n) is 8.56. The number of amides is 2. The Morgan fingerprint density at radius 2 is 1.97 bits per heavy atom. The van der Waals surface area contributed by atoms with E-state index in [2.05, 4.69) is 26.6 Å². The summed E-state index contributed by atoms with van der Waals surface area (Å²) in [6.45, 7) is 12.3. The van der Waals surface area contributed by atoms with E-state index >= 15 is 0 Å². The van der Waals surface area contributed by atoms with Crippen LogP contribution in [-0.2, 0) is 14.3 Å². The average Bonchev–Trinajstić information content (AvgIpc) is 3.60. The maximum absolute atomic E-state index is 12.3. The predicted octanol–water partition coefficient (Wildman–Crippen LogP) is 0.153. The molecule has 0 spiro atoms. The first kappa shape index (κ1) is 30.5. The van der Waals surface area contributed by atoms with Gasteiger partial charge < -0.3 is 25.7 Å². The Kier molecular flexibility index (Phi) is 11.7. The van der Waals surface area contributed by atoms with E-state index in [-0.39, 0.29) is 41.8 Å². The Labute approximate surface area is 243 Å². The molecule has 0 bridgehead atoms. The van der Waals surface area contributed by atoms with Crippen LogP contribution in [-0.4, -0.2) is 58.8 Å². The molecule has 2 fully saturated rings. The fourth-order valence-corrected chi connectivity index (χ4v) is 4.07. The molecule has 12 heteroatoms. The van der Waals surface area contributed by atoms with E-state index in [4.69, 9.17) is 27.0 Å². The molecule has 2 amide bonds. The number of nitrogens with one attached hydrogen (secondary N) is 3. The number of carbonyl (C=O) groups is 2. The fourth-order valence-electron chi connectivity index (χ4n) is 3.36. The van der Waals surface area contributed by atoms with Crippen molar-refractivity contribution < 1.29 is 43.9 Å². The number of carbonyl (C=O) groups excluding carboxylic acids is 2. The van der Waals surface area contributed by atoms with Crippen molar-refractivity contribution in [2.45, 2.75) is 51.9 Å². The third-order valence-corrected chi connectivity index (χ3v) is 6.04. The van der Waals surface area contributed by atoms with Crippen LogP contribution >= 0.6 is 11.3 Å². The SMILES string of the molecule is N#C[C-]1CC1.[CH-]=CC(=N)C(=O)NC(C)C(=O)Nc1nc(-c2cccc(N3CC(C)OC(C)C3)n2)cs1.[Na+]. The van der Waals surface area contributed by atoms with Gasteiger partial charge in [-0.05, 0) is 38.6 Å². The number of hydrogen-bond donors (Lipinski definition) is 3. The molecule has 1 aliphatic heterocycles. The van der Waals surface area contributed by atoms with Crippen LogP contribution in [0.1, 0.15) is 33.6 Å². The van der Waals surface area contributed by atoms with Gasteiger partial charge >= 0.3 is 29.6 Å². The summed E-state index contributed by atoms with van der Waals surface area (Å²) in [6.07, 6.45) is 3.26. The summed E-state index contributed by atoms with van der Waals surface area (Å²) in [7, 11) is 0. The smallest absolute Gasteiger partial charge is 0.390 e. The molecule has 2 aromatic heterocycles. The first-order chi connectivity index (χ1) is 17.2. The Morgan fingerprint density at radius 3 is 2.54 bits per heavy atom. The van der Waals surface area contributed by atoms with Gasteiger partial charge in [-0.2, -0.15) is 12.8 Å². The minimum atomic E-state index is -0.855. The van der Waals surface area contributed by atoms with Crippen molar-refractivity contribution >= 4 is 39.8 Å². The van der Waals surface area contributed by atoms with E-state index in [1.165, 1.54) is 18.3 Å². The van der Waals surface area contributed by atoms with Crippen LogP contribution in [0, 0.1) is 29.2 Å². The molecular weight excluding hydrogens is 501 g/mol. The van der Waals surface area contributed by atoms with Crippen LogP contribution in [0.15, 0.2) is 29.7 Å². The third-order valence-electron chi connectivity index (χ3n) is 5.29. The summed E-state index contributed by atoms with van der Waals surface area (Å²) in [5.41, 5.74) is 0.938. The van der Waals surface area contributed by atoms with E-state index in [0.717, 1.165) is 43.7 Å². The minimum absolute atomic E-state index is 0. The van der Waals surface area contributed by atoms with E-state index in [0.29, 0.717) is 16.5 Å². The zero-order chi connectivity index (χ0) is 26.2. The zero-order valence-corrected chi connectivity index (χ0v) is 24.3. The van der Waals surface area contributed by atoms with Crippen molar-refractivity contribution in [1.29, 1.82) is 10.7 Å². The molecule has 0 radical (unpaired) electrons. The van der Waals surface area contributed by atoms with Gasteiger partial charge in [-0.25, -0.2) is 21.3 Å². The van der Waals surface area contributed by atoms with Crippen LogP contribution < -0.4 is 45.1 Å². The Bertz CT molecular complexity index is 1150. The van der Waals surface area contributed by atoms with Gasteiger partial charge in [0.25, 0.3) is 0 Å². The van der Waals surface area contributed by atoms with E-state index in [9.17, 15) is 9.59 Å². The number of anilines is 2. The first-order valence-electron chi connectivity index (χ1n) is 11.5. The van der Waals surface area contributed by atoms with Crippen LogP contribution in [0.5, 0.6) is 0 Å². The largest absolute Gasteiger partial charge is 1.00 e. The molecule has 3 N–H and O–H groups in total. The van der Waals surface area contributed by atoms with Crippen molar-refractivity contribution in [2.24, 2.45) is 0 Å². The zero-order valence-electron chi connectivity index (χ0n) is 21.4. The quantitative estimate of drug-likeness (QED) is 0.263. The summed E-state index contributed by atoms with van der Waals surface area (Å²) in [5, 5.41) is 22.6. The number of aromatic nitrogens is 2. The summed E-state index contributed by atoms with van der Waals surface area (Å²) in [6, 6.07) is 6.97. The van der Waals surface area contributed by atoms with Crippen molar-refractivity contribution in [1.82, 2.24) is 15.3 Å². The average molecular weight is 531 g/mol. The van der Waals surface area contributed by atoms with Crippen LogP contribution in [0.25, 0.3) is 11.4 Å². The van der Waals surface area contributed by atoms with Gasteiger partial charge in [0.05, 0.1) is 17.9 Å². The summed E-state index contributed by atoms with van der Waals surface area (Å²) >= 11 is 1.26. The number of nitrogens with zero attached hydrogens (tertiary/aromatic N) is 4. The maximum atomic E-state index is 12.3. The van der Waals surface area contributed by atoms with E-state index < -0.39 is 23.6 Å². The molecule has 3 unspecified atom stereocenters. The predicted molar refractivity (Wildman–Crippen MR) is 138 cm³/mol. The molecule has 1 saturated carbocycles. The molecule has 2 aromatic rings. The van der Waals surface area contributed by atoms with Crippen LogP contribution in [0.3, 0.4) is 0 Å². The molecule has 1 aliphatic carbocycles. The van der Waals surface area contributed by atoms with Crippen molar-refractivity contribution in [3.63, 3.8) is 0 Å². The van der Waals surface area contributed by atoms with Gasteiger partial charge in [0.15, 0.2) is 11.0 Å². The van der Waals surface area contributed by atoms with Crippen molar-refractivity contribution in [2.75, 3.05) is 23.3 Å². The Balaban J connectivity index is 0.000000716. The van der Waals surface area contributed by atoms with E-state index in [1.807, 2.05) is 37.4 Å². The number of rotatable bonds is 7. The third kappa shape index (κ3) is 9.25. The molecule has 190 valence electrons. The number of ether oxygens (including phenoxy) is 1. The fraction of sp³-hybridized carbons (Fsp3) is 0.400. The molecule has 37 heavy (non-hydrogen) atoms. The first-order valence-corrected chi connectivity index (χ1v) is 12.4. The topological polar surface area (TPSA) is 144 Å².